The number of ether oxygens (including phenoxy) is 2. The largest absolute Gasteiger partial charge is 0.495 e. The third-order valence-electron chi connectivity index (χ3n) is 4.60. The molecule has 2 aromatic rings. The van der Waals surface area contributed by atoms with Crippen LogP contribution in [0.2, 0.25) is 0 Å². The topological polar surface area (TPSA) is 97.0 Å². The standard InChI is InChI=1S/C20H24FN3O5S/c1-14-3-5-17(16(21)11-14)22-13-20(25)23-15-4-6-18(28-2)19(12-15)30(26,27)24-7-9-29-10-8-24/h3-6,11-12,22H,7-10,13H2,1-2H3,(H,23,25). The second-order valence-electron chi connectivity index (χ2n) is 6.77. The van der Waals surface area contributed by atoms with Crippen LogP contribution in [0.25, 0.3) is 0 Å². The molecule has 1 aliphatic rings. The van der Waals surface area contributed by atoms with Crippen molar-refractivity contribution in [2.45, 2.75) is 11.8 Å². The molecule has 0 radical (unpaired) electrons. The van der Waals surface area contributed by atoms with Crippen molar-refractivity contribution in [1.29, 1.82) is 0 Å². The van der Waals surface area contributed by atoms with Gasteiger partial charge in [-0.1, -0.05) is 6.07 Å². The van der Waals surface area contributed by atoms with Crippen LogP contribution in [0.1, 0.15) is 5.56 Å². The number of morpholine rings is 1. The number of nitrogens with one attached hydrogen (secondary N) is 2. The summed E-state index contributed by atoms with van der Waals surface area (Å²) in [6.07, 6.45) is 0. The van der Waals surface area contributed by atoms with Crippen LogP contribution in [-0.2, 0) is 19.6 Å². The minimum absolute atomic E-state index is 0.0396. The van der Waals surface area contributed by atoms with Gasteiger partial charge in [-0.2, -0.15) is 4.31 Å². The molecule has 1 fully saturated rings. The first-order chi connectivity index (χ1) is 14.3. The SMILES string of the molecule is COc1ccc(NC(=O)CNc2ccc(C)cc2F)cc1S(=O)(=O)N1CCOCC1. The Bertz CT molecular complexity index is 1020. The molecule has 2 aromatic carbocycles. The number of nitrogens with zero attached hydrogens (tertiary/aromatic N) is 1. The normalized spacial score (nSPS) is 14.9. The van der Waals surface area contributed by atoms with Gasteiger partial charge in [-0.3, -0.25) is 4.79 Å². The lowest BCUT2D eigenvalue weighted by molar-refractivity contribution is -0.114. The molecule has 0 aliphatic carbocycles. The smallest absolute Gasteiger partial charge is 0.246 e. The number of aryl methyl sites for hydroxylation is 1. The number of carbonyl (C=O) groups is 1. The summed E-state index contributed by atoms with van der Waals surface area (Å²) in [4.78, 5) is 12.2. The number of amides is 1. The van der Waals surface area contributed by atoms with Crippen LogP contribution in [0.3, 0.4) is 0 Å². The Morgan fingerprint density at radius 3 is 2.60 bits per heavy atom. The van der Waals surface area contributed by atoms with E-state index in [1.54, 1.807) is 25.1 Å². The van der Waals surface area contributed by atoms with Gasteiger partial charge in [0.25, 0.3) is 0 Å². The number of anilines is 2. The van der Waals surface area contributed by atoms with Gasteiger partial charge in [0.1, 0.15) is 16.5 Å². The van der Waals surface area contributed by atoms with Gasteiger partial charge in [-0.15, -0.1) is 0 Å². The van der Waals surface area contributed by atoms with Crippen LogP contribution in [0.4, 0.5) is 15.8 Å². The van der Waals surface area contributed by atoms with E-state index in [4.69, 9.17) is 9.47 Å². The summed E-state index contributed by atoms with van der Waals surface area (Å²) >= 11 is 0. The average Bonchev–Trinajstić information content (AvgIpc) is 2.73. The maximum absolute atomic E-state index is 13.9. The molecule has 0 spiro atoms. The average molecular weight is 437 g/mol. The van der Waals surface area contributed by atoms with E-state index in [0.717, 1.165) is 5.56 Å². The van der Waals surface area contributed by atoms with Crippen molar-refractivity contribution < 1.29 is 27.1 Å². The fourth-order valence-corrected chi connectivity index (χ4v) is 4.62. The Morgan fingerprint density at radius 2 is 1.93 bits per heavy atom. The Morgan fingerprint density at radius 1 is 1.20 bits per heavy atom. The van der Waals surface area contributed by atoms with Gasteiger partial charge >= 0.3 is 0 Å². The summed E-state index contributed by atoms with van der Waals surface area (Å²) in [6.45, 7) is 2.71. The quantitative estimate of drug-likeness (QED) is 0.690. The Hall–Kier alpha value is -2.69. The van der Waals surface area contributed by atoms with E-state index in [2.05, 4.69) is 10.6 Å². The van der Waals surface area contributed by atoms with Crippen LogP contribution >= 0.6 is 0 Å². The second kappa shape index (κ2) is 9.41. The zero-order valence-corrected chi connectivity index (χ0v) is 17.6. The van der Waals surface area contributed by atoms with Crippen molar-refractivity contribution in [2.24, 2.45) is 0 Å². The number of rotatable bonds is 7. The molecule has 10 heteroatoms. The maximum Gasteiger partial charge on any atom is 0.246 e. The minimum atomic E-state index is -3.82. The number of hydrogen-bond acceptors (Lipinski definition) is 6. The van der Waals surface area contributed by atoms with E-state index in [-0.39, 0.29) is 36.0 Å². The van der Waals surface area contributed by atoms with E-state index >= 15 is 0 Å². The molecule has 2 N–H and O–H groups in total. The molecule has 0 saturated carbocycles. The van der Waals surface area contributed by atoms with Crippen molar-refractivity contribution in [2.75, 3.05) is 50.6 Å². The summed E-state index contributed by atoms with van der Waals surface area (Å²) in [7, 11) is -2.44. The predicted molar refractivity (Wildman–Crippen MR) is 111 cm³/mol. The molecule has 30 heavy (non-hydrogen) atoms. The van der Waals surface area contributed by atoms with Crippen LogP contribution < -0.4 is 15.4 Å². The zero-order chi connectivity index (χ0) is 21.7. The van der Waals surface area contributed by atoms with E-state index in [0.29, 0.717) is 18.9 Å². The molecule has 0 bridgehead atoms. The van der Waals surface area contributed by atoms with Crippen molar-refractivity contribution in [3.05, 3.63) is 47.8 Å². The highest BCUT2D eigenvalue weighted by atomic mass is 32.2. The van der Waals surface area contributed by atoms with Crippen LogP contribution in [0.5, 0.6) is 5.75 Å². The van der Waals surface area contributed by atoms with Gasteiger partial charge in [0.2, 0.25) is 15.9 Å². The van der Waals surface area contributed by atoms with E-state index < -0.39 is 21.7 Å². The molecule has 162 valence electrons. The number of halogens is 1. The van der Waals surface area contributed by atoms with Crippen molar-refractivity contribution in [3.63, 3.8) is 0 Å². The lowest BCUT2D eigenvalue weighted by atomic mass is 10.2. The summed E-state index contributed by atoms with van der Waals surface area (Å²) < 4.78 is 51.6. The van der Waals surface area contributed by atoms with E-state index in [1.807, 2.05) is 0 Å². The van der Waals surface area contributed by atoms with Gasteiger partial charge in [0, 0.05) is 18.8 Å². The summed E-state index contributed by atoms with van der Waals surface area (Å²) in [5.74, 6) is -0.722. The first-order valence-electron chi connectivity index (χ1n) is 9.37. The fraction of sp³-hybridized carbons (Fsp3) is 0.350. The van der Waals surface area contributed by atoms with Crippen LogP contribution in [0, 0.1) is 12.7 Å². The molecular formula is C20H24FN3O5S. The number of methoxy groups -OCH3 is 1. The third-order valence-corrected chi connectivity index (χ3v) is 6.52. The molecule has 0 atom stereocenters. The van der Waals surface area contributed by atoms with Crippen LogP contribution in [-0.4, -0.2) is 58.6 Å². The number of sulfonamides is 1. The molecule has 0 aromatic heterocycles. The maximum atomic E-state index is 13.9. The lowest BCUT2D eigenvalue weighted by Crippen LogP contribution is -2.40. The molecule has 1 amide bonds. The highest BCUT2D eigenvalue weighted by Gasteiger charge is 2.29. The third kappa shape index (κ3) is 5.07. The highest BCUT2D eigenvalue weighted by Crippen LogP contribution is 2.30. The van der Waals surface area contributed by atoms with Gasteiger partial charge < -0.3 is 20.1 Å². The summed E-state index contributed by atoms with van der Waals surface area (Å²) in [5, 5.41) is 5.35. The summed E-state index contributed by atoms with van der Waals surface area (Å²) in [5.41, 5.74) is 1.27. The summed E-state index contributed by atoms with van der Waals surface area (Å²) in [6, 6.07) is 9.03. The van der Waals surface area contributed by atoms with Gasteiger partial charge in [-0.25, -0.2) is 12.8 Å². The predicted octanol–water partition coefficient (Wildman–Crippen LogP) is 2.21. The van der Waals surface area contributed by atoms with E-state index in [1.165, 1.54) is 29.6 Å². The van der Waals surface area contributed by atoms with Gasteiger partial charge in [-0.05, 0) is 42.8 Å². The molecule has 8 nitrogen and oxygen atoms in total. The number of benzene rings is 2. The van der Waals surface area contributed by atoms with Gasteiger partial charge in [0.05, 0.1) is 32.6 Å². The Balaban J connectivity index is 1.73. The zero-order valence-electron chi connectivity index (χ0n) is 16.8. The van der Waals surface area contributed by atoms with Crippen LogP contribution in [0.15, 0.2) is 41.3 Å². The van der Waals surface area contributed by atoms with Crippen molar-refractivity contribution in [1.82, 2.24) is 4.31 Å². The Kier molecular flexibility index (Phi) is 6.91. The van der Waals surface area contributed by atoms with Crippen molar-refractivity contribution >= 4 is 27.3 Å². The Labute approximate surface area is 175 Å². The number of hydrogen-bond donors (Lipinski definition) is 2. The molecule has 1 aliphatic heterocycles. The first kappa shape index (κ1) is 22.0. The molecule has 0 unspecified atom stereocenters. The molecule has 1 heterocycles. The van der Waals surface area contributed by atoms with Gasteiger partial charge in [0.15, 0.2) is 0 Å². The minimum Gasteiger partial charge on any atom is -0.495 e. The van der Waals surface area contributed by atoms with E-state index in [9.17, 15) is 17.6 Å². The molecule has 1 saturated heterocycles. The monoisotopic (exact) mass is 437 g/mol. The highest BCUT2D eigenvalue weighted by molar-refractivity contribution is 7.89. The lowest BCUT2D eigenvalue weighted by Gasteiger charge is -2.26. The first-order valence-corrected chi connectivity index (χ1v) is 10.8. The fourth-order valence-electron chi connectivity index (χ4n) is 3.03. The number of carbonyl (C=O) groups excluding carboxylic acids is 1. The second-order valence-corrected chi connectivity index (χ2v) is 8.67. The molecular weight excluding hydrogens is 413 g/mol. The van der Waals surface area contributed by atoms with Crippen molar-refractivity contribution in [3.8, 4) is 5.75 Å². The molecule has 3 rings (SSSR count).